The van der Waals surface area contributed by atoms with Crippen LogP contribution in [0.25, 0.3) is 5.65 Å². The molecule has 29 heavy (non-hydrogen) atoms. The van der Waals surface area contributed by atoms with E-state index in [2.05, 4.69) is 20.8 Å². The molecule has 0 atom stereocenters. The normalized spacial score (nSPS) is 11.1. The van der Waals surface area contributed by atoms with Crippen molar-refractivity contribution in [3.05, 3.63) is 99.4 Å². The van der Waals surface area contributed by atoms with Crippen LogP contribution in [0.4, 0.5) is 17.2 Å². The molecule has 0 unspecified atom stereocenters. The summed E-state index contributed by atoms with van der Waals surface area (Å²) in [5, 5.41) is 8.01. The first-order valence-electron chi connectivity index (χ1n) is 9.00. The molecule has 4 rings (SSSR count). The summed E-state index contributed by atoms with van der Waals surface area (Å²) >= 11 is 6.09. The van der Waals surface area contributed by atoms with Crippen molar-refractivity contribution in [1.29, 1.82) is 0 Å². The average molecular weight is 404 g/mol. The number of halogens is 1. The van der Waals surface area contributed by atoms with Crippen LogP contribution in [-0.4, -0.2) is 15.6 Å². The van der Waals surface area contributed by atoms with Crippen LogP contribution in [0.2, 0.25) is 5.02 Å². The van der Waals surface area contributed by atoms with Gasteiger partial charge in [0.1, 0.15) is 17.0 Å². The van der Waals surface area contributed by atoms with E-state index in [-0.39, 0.29) is 5.56 Å². The number of hydrazone groups is 1. The van der Waals surface area contributed by atoms with Gasteiger partial charge >= 0.3 is 0 Å². The van der Waals surface area contributed by atoms with E-state index in [1.54, 1.807) is 18.3 Å². The number of para-hydroxylation sites is 1. The van der Waals surface area contributed by atoms with E-state index in [1.165, 1.54) is 10.6 Å². The van der Waals surface area contributed by atoms with Gasteiger partial charge in [0.15, 0.2) is 0 Å². The zero-order chi connectivity index (χ0) is 20.2. The minimum atomic E-state index is -0.221. The Labute approximate surface area is 172 Å². The third kappa shape index (κ3) is 4.12. The molecule has 2 aromatic heterocycles. The Bertz CT molecular complexity index is 1250. The zero-order valence-electron chi connectivity index (χ0n) is 15.6. The molecule has 0 spiro atoms. The topological polar surface area (TPSA) is 70.8 Å². The van der Waals surface area contributed by atoms with Crippen molar-refractivity contribution in [1.82, 2.24) is 9.38 Å². The van der Waals surface area contributed by atoms with Crippen molar-refractivity contribution in [2.24, 2.45) is 5.10 Å². The summed E-state index contributed by atoms with van der Waals surface area (Å²) in [6.45, 7) is 1.91. The largest absolute Gasteiger partial charge is 0.339 e. The van der Waals surface area contributed by atoms with Gasteiger partial charge in [0.2, 0.25) is 0 Å². The number of benzene rings is 2. The number of hydrogen-bond acceptors (Lipinski definition) is 5. The van der Waals surface area contributed by atoms with Crippen molar-refractivity contribution < 1.29 is 0 Å². The molecular formula is C22H18ClN5O. The molecule has 2 N–H and O–H groups in total. The Morgan fingerprint density at radius 2 is 1.83 bits per heavy atom. The van der Waals surface area contributed by atoms with Crippen LogP contribution in [0.3, 0.4) is 0 Å². The molecule has 0 amide bonds. The van der Waals surface area contributed by atoms with Crippen LogP contribution in [0.5, 0.6) is 0 Å². The fourth-order valence-corrected chi connectivity index (χ4v) is 3.10. The fourth-order valence-electron chi connectivity index (χ4n) is 2.91. The summed E-state index contributed by atoms with van der Waals surface area (Å²) < 4.78 is 1.52. The van der Waals surface area contributed by atoms with Gasteiger partial charge in [0.05, 0.1) is 11.9 Å². The number of aromatic nitrogens is 2. The predicted octanol–water partition coefficient (Wildman–Crippen LogP) is 4.85. The number of fused-ring (bicyclic) bond motifs is 1. The lowest BCUT2D eigenvalue weighted by atomic mass is 10.2. The third-order valence-electron chi connectivity index (χ3n) is 4.33. The number of nitrogens with zero attached hydrogens (tertiary/aromatic N) is 3. The fraction of sp³-hybridized carbons (Fsp3) is 0.0455. The maximum Gasteiger partial charge on any atom is 0.268 e. The molecule has 6 nitrogen and oxygen atoms in total. The van der Waals surface area contributed by atoms with Crippen molar-refractivity contribution in [3.8, 4) is 0 Å². The molecule has 2 aromatic carbocycles. The SMILES string of the molecule is Cc1cccn2c(=O)c(/C=N/Nc3ccccc3)c(Nc3cccc(Cl)c3)nc12. The number of aryl methyl sites for hydroxylation is 1. The minimum absolute atomic E-state index is 0.221. The number of anilines is 3. The van der Waals surface area contributed by atoms with E-state index in [9.17, 15) is 4.79 Å². The van der Waals surface area contributed by atoms with Gasteiger partial charge in [-0.25, -0.2) is 4.98 Å². The quantitative estimate of drug-likeness (QED) is 0.369. The van der Waals surface area contributed by atoms with E-state index < -0.39 is 0 Å². The molecule has 0 radical (unpaired) electrons. The smallest absolute Gasteiger partial charge is 0.268 e. The second kappa shape index (κ2) is 8.16. The summed E-state index contributed by atoms with van der Waals surface area (Å²) in [6, 6.07) is 20.5. The Morgan fingerprint density at radius 1 is 1.03 bits per heavy atom. The lowest BCUT2D eigenvalue weighted by Gasteiger charge is -2.12. The van der Waals surface area contributed by atoms with Crippen LogP contribution in [0.1, 0.15) is 11.1 Å². The van der Waals surface area contributed by atoms with Crippen molar-refractivity contribution >= 4 is 40.7 Å². The number of pyridine rings is 1. The maximum atomic E-state index is 13.1. The average Bonchev–Trinajstić information content (AvgIpc) is 2.72. The highest BCUT2D eigenvalue weighted by molar-refractivity contribution is 6.30. The van der Waals surface area contributed by atoms with Gasteiger partial charge in [0.25, 0.3) is 5.56 Å². The molecule has 4 aromatic rings. The first kappa shape index (κ1) is 18.7. The lowest BCUT2D eigenvalue weighted by Crippen LogP contribution is -2.22. The Morgan fingerprint density at radius 3 is 2.62 bits per heavy atom. The van der Waals surface area contributed by atoms with Gasteiger partial charge in [0, 0.05) is 16.9 Å². The van der Waals surface area contributed by atoms with Crippen molar-refractivity contribution in [3.63, 3.8) is 0 Å². The first-order chi connectivity index (χ1) is 14.1. The van der Waals surface area contributed by atoms with Crippen molar-refractivity contribution in [2.75, 3.05) is 10.7 Å². The first-order valence-corrected chi connectivity index (χ1v) is 9.38. The van der Waals surface area contributed by atoms with Gasteiger partial charge in [-0.2, -0.15) is 5.10 Å². The molecule has 2 heterocycles. The predicted molar refractivity (Wildman–Crippen MR) is 119 cm³/mol. The highest BCUT2D eigenvalue weighted by atomic mass is 35.5. The molecule has 0 aliphatic heterocycles. The second-order valence-electron chi connectivity index (χ2n) is 6.44. The number of nitrogens with one attached hydrogen (secondary N) is 2. The Kier molecular flexibility index (Phi) is 5.27. The van der Waals surface area contributed by atoms with E-state index in [1.807, 2.05) is 61.5 Å². The van der Waals surface area contributed by atoms with Gasteiger partial charge in [-0.1, -0.05) is 41.9 Å². The van der Waals surface area contributed by atoms with Crippen LogP contribution in [0, 0.1) is 6.92 Å². The molecule has 0 saturated carbocycles. The highest BCUT2D eigenvalue weighted by Gasteiger charge is 2.13. The van der Waals surface area contributed by atoms with Crippen molar-refractivity contribution in [2.45, 2.75) is 6.92 Å². The minimum Gasteiger partial charge on any atom is -0.339 e. The lowest BCUT2D eigenvalue weighted by molar-refractivity contribution is 1.03. The van der Waals surface area contributed by atoms with Crippen LogP contribution in [0.15, 0.2) is 82.8 Å². The van der Waals surface area contributed by atoms with Gasteiger partial charge in [-0.3, -0.25) is 14.6 Å². The molecular weight excluding hydrogens is 386 g/mol. The maximum absolute atomic E-state index is 13.1. The summed E-state index contributed by atoms with van der Waals surface area (Å²) in [7, 11) is 0. The van der Waals surface area contributed by atoms with Gasteiger partial charge in [-0.15, -0.1) is 0 Å². The molecule has 0 aliphatic carbocycles. The molecule has 0 saturated heterocycles. The number of rotatable bonds is 5. The Balaban J connectivity index is 1.79. The second-order valence-corrected chi connectivity index (χ2v) is 6.87. The number of hydrogen-bond donors (Lipinski definition) is 2. The summed E-state index contributed by atoms with van der Waals surface area (Å²) in [4.78, 5) is 17.8. The molecule has 0 bridgehead atoms. The zero-order valence-corrected chi connectivity index (χ0v) is 16.4. The standard InChI is InChI=1S/C22H18ClN5O/c1-15-7-6-12-28-21(15)26-20(25-18-11-5-8-16(23)13-18)19(22(28)29)14-24-27-17-9-3-2-4-10-17/h2-14,25,27H,1H3/b24-14+. The summed E-state index contributed by atoms with van der Waals surface area (Å²) in [5.74, 6) is 0.408. The van der Waals surface area contributed by atoms with Crippen LogP contribution < -0.4 is 16.3 Å². The van der Waals surface area contributed by atoms with Gasteiger partial charge < -0.3 is 5.32 Å². The molecule has 7 heteroatoms. The molecule has 0 fully saturated rings. The highest BCUT2D eigenvalue weighted by Crippen LogP contribution is 2.21. The van der Waals surface area contributed by atoms with E-state index in [0.29, 0.717) is 22.1 Å². The van der Waals surface area contributed by atoms with Crippen LogP contribution in [-0.2, 0) is 0 Å². The molecule has 144 valence electrons. The van der Waals surface area contributed by atoms with E-state index in [0.717, 1.165) is 16.9 Å². The monoisotopic (exact) mass is 403 g/mol. The summed E-state index contributed by atoms with van der Waals surface area (Å²) in [5.41, 5.74) is 6.05. The Hall–Kier alpha value is -3.64. The van der Waals surface area contributed by atoms with Crippen LogP contribution >= 0.6 is 11.6 Å². The van der Waals surface area contributed by atoms with E-state index >= 15 is 0 Å². The third-order valence-corrected chi connectivity index (χ3v) is 4.57. The summed E-state index contributed by atoms with van der Waals surface area (Å²) in [6.07, 6.45) is 3.17. The molecule has 0 aliphatic rings. The van der Waals surface area contributed by atoms with E-state index in [4.69, 9.17) is 11.6 Å². The van der Waals surface area contributed by atoms with Gasteiger partial charge in [-0.05, 0) is 48.9 Å².